The summed E-state index contributed by atoms with van der Waals surface area (Å²) in [5.41, 5.74) is 8.67. The summed E-state index contributed by atoms with van der Waals surface area (Å²) in [5, 5.41) is 0. The third kappa shape index (κ3) is 1.89. The van der Waals surface area contributed by atoms with Crippen molar-refractivity contribution in [2.75, 3.05) is 5.73 Å². The largest absolute Gasteiger partial charge is 0.399 e. The molecule has 73 valence electrons. The molecule has 0 spiro atoms. The lowest BCUT2D eigenvalue weighted by Gasteiger charge is -2.05. The van der Waals surface area contributed by atoms with Crippen LogP contribution in [-0.2, 0) is 4.79 Å². The molecule has 0 aliphatic heterocycles. The number of benzene rings is 2. The SMILES string of the molecule is Nc1ccc([C]=O)c(-c2ccccc2)c1. The van der Waals surface area contributed by atoms with E-state index >= 15 is 0 Å². The third-order valence-corrected chi connectivity index (χ3v) is 2.24. The number of nitrogen functional groups attached to an aromatic ring is 1. The van der Waals surface area contributed by atoms with Crippen molar-refractivity contribution in [2.45, 2.75) is 0 Å². The van der Waals surface area contributed by atoms with Crippen LogP contribution in [0.15, 0.2) is 48.5 Å². The quantitative estimate of drug-likeness (QED) is 0.749. The van der Waals surface area contributed by atoms with E-state index < -0.39 is 0 Å². The van der Waals surface area contributed by atoms with Crippen molar-refractivity contribution < 1.29 is 4.79 Å². The summed E-state index contributed by atoms with van der Waals surface area (Å²) in [4.78, 5) is 10.7. The predicted molar refractivity (Wildman–Crippen MR) is 61.1 cm³/mol. The smallest absolute Gasteiger partial charge is 0.234 e. The number of nitrogens with two attached hydrogens (primary N) is 1. The van der Waals surface area contributed by atoms with E-state index in [1.54, 1.807) is 18.2 Å². The number of hydrogen-bond donors (Lipinski definition) is 1. The highest BCUT2D eigenvalue weighted by Crippen LogP contribution is 2.24. The Bertz CT molecular complexity index is 477. The highest BCUT2D eigenvalue weighted by molar-refractivity contribution is 5.89. The lowest BCUT2D eigenvalue weighted by molar-refractivity contribution is 0.563. The lowest BCUT2D eigenvalue weighted by Crippen LogP contribution is -1.91. The molecule has 0 aromatic heterocycles. The lowest BCUT2D eigenvalue weighted by atomic mass is 10.00. The molecular formula is C13H10NO. The Hall–Kier alpha value is -2.09. The van der Waals surface area contributed by atoms with Gasteiger partial charge in [-0.15, -0.1) is 0 Å². The zero-order valence-corrected chi connectivity index (χ0v) is 8.10. The Balaban J connectivity index is 2.61. The minimum absolute atomic E-state index is 0.537. The number of hydrogen-bond acceptors (Lipinski definition) is 2. The van der Waals surface area contributed by atoms with E-state index in [-0.39, 0.29) is 0 Å². The molecule has 0 aliphatic carbocycles. The fraction of sp³-hybridized carbons (Fsp3) is 0. The first-order valence-corrected chi connectivity index (χ1v) is 4.64. The zero-order chi connectivity index (χ0) is 10.7. The van der Waals surface area contributed by atoms with Gasteiger partial charge in [0.05, 0.1) is 0 Å². The first-order valence-electron chi connectivity index (χ1n) is 4.64. The van der Waals surface area contributed by atoms with Gasteiger partial charge in [0.2, 0.25) is 6.29 Å². The molecule has 2 aromatic rings. The molecule has 0 saturated carbocycles. The van der Waals surface area contributed by atoms with Crippen LogP contribution in [0.3, 0.4) is 0 Å². The Kier molecular flexibility index (Phi) is 2.50. The van der Waals surface area contributed by atoms with Crippen molar-refractivity contribution in [2.24, 2.45) is 0 Å². The molecule has 2 nitrogen and oxygen atoms in total. The molecule has 15 heavy (non-hydrogen) atoms. The van der Waals surface area contributed by atoms with Crippen LogP contribution >= 0.6 is 0 Å². The van der Waals surface area contributed by atoms with Crippen molar-refractivity contribution >= 4 is 12.0 Å². The minimum Gasteiger partial charge on any atom is -0.399 e. The molecule has 0 bridgehead atoms. The maximum absolute atomic E-state index is 10.7. The standard InChI is InChI=1S/C13H10NO/c14-12-7-6-11(9-15)13(8-12)10-4-2-1-3-5-10/h1-8H,14H2. The molecule has 1 radical (unpaired) electrons. The van der Waals surface area contributed by atoms with Crippen LogP contribution in [0, 0.1) is 0 Å². The fourth-order valence-electron chi connectivity index (χ4n) is 1.51. The van der Waals surface area contributed by atoms with Crippen LogP contribution in [0.25, 0.3) is 11.1 Å². The number of anilines is 1. The summed E-state index contributed by atoms with van der Waals surface area (Å²) in [5.74, 6) is 0. The Morgan fingerprint density at radius 2 is 1.73 bits per heavy atom. The summed E-state index contributed by atoms with van der Waals surface area (Å²) in [6.07, 6.45) is 1.92. The van der Waals surface area contributed by atoms with E-state index in [1.807, 2.05) is 36.6 Å². The Labute approximate surface area is 88.4 Å². The summed E-state index contributed by atoms with van der Waals surface area (Å²) >= 11 is 0. The number of carbonyl (C=O) groups excluding carboxylic acids is 1. The molecule has 2 heteroatoms. The van der Waals surface area contributed by atoms with Gasteiger partial charge in [-0.2, -0.15) is 0 Å². The average molecular weight is 196 g/mol. The monoisotopic (exact) mass is 196 g/mol. The van der Waals surface area contributed by atoms with Gasteiger partial charge in [-0.1, -0.05) is 30.3 Å². The van der Waals surface area contributed by atoms with Crippen molar-refractivity contribution in [3.05, 3.63) is 54.1 Å². The summed E-state index contributed by atoms with van der Waals surface area (Å²) in [6, 6.07) is 14.8. The molecule has 2 N–H and O–H groups in total. The van der Waals surface area contributed by atoms with Gasteiger partial charge in [-0.3, -0.25) is 4.79 Å². The van der Waals surface area contributed by atoms with Crippen LogP contribution in [0.1, 0.15) is 5.56 Å². The molecule has 0 saturated heterocycles. The van der Waals surface area contributed by atoms with E-state index in [2.05, 4.69) is 0 Å². The van der Waals surface area contributed by atoms with Crippen molar-refractivity contribution in [3.63, 3.8) is 0 Å². The maximum atomic E-state index is 10.7. The molecule has 0 unspecified atom stereocenters. The van der Waals surface area contributed by atoms with Crippen molar-refractivity contribution in [1.29, 1.82) is 0 Å². The van der Waals surface area contributed by atoms with Gasteiger partial charge in [0.15, 0.2) is 0 Å². The molecule has 0 atom stereocenters. The van der Waals surface area contributed by atoms with Gasteiger partial charge in [0.25, 0.3) is 0 Å². The zero-order valence-electron chi connectivity index (χ0n) is 8.10. The normalized spacial score (nSPS) is 9.87. The second-order valence-corrected chi connectivity index (χ2v) is 3.27. The van der Waals surface area contributed by atoms with E-state index in [1.165, 1.54) is 0 Å². The van der Waals surface area contributed by atoms with Crippen molar-refractivity contribution in [1.82, 2.24) is 0 Å². The van der Waals surface area contributed by atoms with Gasteiger partial charge >= 0.3 is 0 Å². The topological polar surface area (TPSA) is 43.1 Å². The molecule has 0 aliphatic rings. The molecular weight excluding hydrogens is 186 g/mol. The van der Waals surface area contributed by atoms with Gasteiger partial charge in [0.1, 0.15) is 0 Å². The van der Waals surface area contributed by atoms with Crippen LogP contribution in [0.5, 0.6) is 0 Å². The summed E-state index contributed by atoms with van der Waals surface area (Å²) in [6.45, 7) is 0. The van der Waals surface area contributed by atoms with E-state index in [0.717, 1.165) is 11.1 Å². The predicted octanol–water partition coefficient (Wildman–Crippen LogP) is 2.39. The van der Waals surface area contributed by atoms with Gasteiger partial charge < -0.3 is 5.73 Å². The first-order chi connectivity index (χ1) is 7.31. The van der Waals surface area contributed by atoms with E-state index in [0.29, 0.717) is 11.3 Å². The second-order valence-electron chi connectivity index (χ2n) is 3.27. The molecule has 0 fully saturated rings. The van der Waals surface area contributed by atoms with Crippen LogP contribution in [0.4, 0.5) is 5.69 Å². The Morgan fingerprint density at radius 1 is 1.00 bits per heavy atom. The molecule has 2 aromatic carbocycles. The second kappa shape index (κ2) is 3.96. The molecule has 0 heterocycles. The summed E-state index contributed by atoms with van der Waals surface area (Å²) < 4.78 is 0. The average Bonchev–Trinajstić information content (AvgIpc) is 2.30. The maximum Gasteiger partial charge on any atom is 0.234 e. The van der Waals surface area contributed by atoms with Crippen molar-refractivity contribution in [3.8, 4) is 11.1 Å². The van der Waals surface area contributed by atoms with Crippen LogP contribution in [0.2, 0.25) is 0 Å². The Morgan fingerprint density at radius 3 is 2.40 bits per heavy atom. The van der Waals surface area contributed by atoms with Crippen LogP contribution < -0.4 is 5.73 Å². The van der Waals surface area contributed by atoms with Gasteiger partial charge in [0, 0.05) is 11.3 Å². The fourth-order valence-corrected chi connectivity index (χ4v) is 1.51. The number of rotatable bonds is 2. The van der Waals surface area contributed by atoms with Crippen LogP contribution in [-0.4, -0.2) is 6.29 Å². The third-order valence-electron chi connectivity index (χ3n) is 2.24. The van der Waals surface area contributed by atoms with Gasteiger partial charge in [-0.05, 0) is 29.3 Å². The summed E-state index contributed by atoms with van der Waals surface area (Å²) in [7, 11) is 0. The molecule has 2 rings (SSSR count). The molecule has 0 amide bonds. The van der Waals surface area contributed by atoms with E-state index in [9.17, 15) is 4.79 Å². The van der Waals surface area contributed by atoms with Gasteiger partial charge in [-0.25, -0.2) is 0 Å². The highest BCUT2D eigenvalue weighted by atomic mass is 16.1. The minimum atomic E-state index is 0.537. The first kappa shape index (κ1) is 9.46. The highest BCUT2D eigenvalue weighted by Gasteiger charge is 2.04. The van der Waals surface area contributed by atoms with E-state index in [4.69, 9.17) is 5.73 Å².